The van der Waals surface area contributed by atoms with Crippen LogP contribution >= 0.6 is 11.6 Å². The molecule has 2 rings (SSSR count). The summed E-state index contributed by atoms with van der Waals surface area (Å²) in [4.78, 5) is 23.9. The van der Waals surface area contributed by atoms with Gasteiger partial charge in [-0.2, -0.15) is 0 Å². The molecule has 0 saturated heterocycles. The third kappa shape index (κ3) is 5.28. The first-order valence-electron chi connectivity index (χ1n) is 7.65. The predicted octanol–water partition coefficient (Wildman–Crippen LogP) is 3.88. The molecular formula is C18H19ClN2O3. The van der Waals surface area contributed by atoms with Gasteiger partial charge in [0.2, 0.25) is 0 Å². The Morgan fingerprint density at radius 3 is 2.50 bits per heavy atom. The number of amides is 2. The maximum absolute atomic E-state index is 12.0. The van der Waals surface area contributed by atoms with Gasteiger partial charge in [0.25, 0.3) is 0 Å². The molecule has 126 valence electrons. The predicted molar refractivity (Wildman–Crippen MR) is 94.6 cm³/mol. The Hall–Kier alpha value is -2.53. The number of ether oxygens (including phenoxy) is 1. The standard InChI is InChI=1S/C18H19ClN2O3/c1-2-24-17(22)15-5-3-4-6-16(15)21-18(23)20-12-11-13-7-9-14(19)10-8-13/h3-10H,2,11-12H2,1H3,(H2,20,21,23). The number of urea groups is 1. The van der Waals surface area contributed by atoms with E-state index in [0.717, 1.165) is 5.56 Å². The molecule has 24 heavy (non-hydrogen) atoms. The maximum atomic E-state index is 12.0. The highest BCUT2D eigenvalue weighted by Crippen LogP contribution is 2.16. The fourth-order valence-electron chi connectivity index (χ4n) is 2.12. The highest BCUT2D eigenvalue weighted by Gasteiger charge is 2.13. The lowest BCUT2D eigenvalue weighted by atomic mass is 10.1. The number of carbonyl (C=O) groups excluding carboxylic acids is 2. The van der Waals surface area contributed by atoms with Gasteiger partial charge in [-0.25, -0.2) is 9.59 Å². The van der Waals surface area contributed by atoms with E-state index < -0.39 is 5.97 Å². The second-order valence-corrected chi connectivity index (χ2v) is 5.46. The summed E-state index contributed by atoms with van der Waals surface area (Å²) in [5.41, 5.74) is 1.82. The van der Waals surface area contributed by atoms with E-state index in [4.69, 9.17) is 16.3 Å². The van der Waals surface area contributed by atoms with Gasteiger partial charge in [0.05, 0.1) is 17.9 Å². The molecule has 2 aromatic carbocycles. The van der Waals surface area contributed by atoms with Crippen LogP contribution < -0.4 is 10.6 Å². The smallest absolute Gasteiger partial charge is 0.340 e. The number of nitrogens with one attached hydrogen (secondary N) is 2. The summed E-state index contributed by atoms with van der Waals surface area (Å²) in [6.07, 6.45) is 0.685. The molecule has 0 aromatic heterocycles. The van der Waals surface area contributed by atoms with Gasteiger partial charge >= 0.3 is 12.0 Å². The van der Waals surface area contributed by atoms with Crippen molar-refractivity contribution in [2.75, 3.05) is 18.5 Å². The second kappa shape index (κ2) is 8.93. The Balaban J connectivity index is 1.88. The zero-order valence-electron chi connectivity index (χ0n) is 13.3. The average Bonchev–Trinajstić information content (AvgIpc) is 2.57. The number of carbonyl (C=O) groups is 2. The molecule has 0 aliphatic heterocycles. The first-order chi connectivity index (χ1) is 11.6. The highest BCUT2D eigenvalue weighted by atomic mass is 35.5. The van der Waals surface area contributed by atoms with Crippen molar-refractivity contribution in [2.45, 2.75) is 13.3 Å². The number of hydrogen-bond acceptors (Lipinski definition) is 3. The summed E-state index contributed by atoms with van der Waals surface area (Å²) in [7, 11) is 0. The normalized spacial score (nSPS) is 10.1. The number of rotatable bonds is 6. The number of esters is 1. The minimum atomic E-state index is -0.463. The van der Waals surface area contributed by atoms with E-state index in [9.17, 15) is 9.59 Å². The number of halogens is 1. The lowest BCUT2D eigenvalue weighted by Crippen LogP contribution is -2.31. The molecule has 0 atom stereocenters. The first-order valence-corrected chi connectivity index (χ1v) is 8.03. The molecule has 0 bridgehead atoms. The van der Waals surface area contributed by atoms with E-state index in [0.29, 0.717) is 29.2 Å². The third-order valence-electron chi connectivity index (χ3n) is 3.28. The van der Waals surface area contributed by atoms with E-state index in [-0.39, 0.29) is 12.6 Å². The van der Waals surface area contributed by atoms with Crippen LogP contribution in [0.3, 0.4) is 0 Å². The average molecular weight is 347 g/mol. The molecule has 0 saturated carbocycles. The van der Waals surface area contributed by atoms with Crippen molar-refractivity contribution in [1.29, 1.82) is 0 Å². The monoisotopic (exact) mass is 346 g/mol. The van der Waals surface area contributed by atoms with Gasteiger partial charge in [-0.1, -0.05) is 35.9 Å². The highest BCUT2D eigenvalue weighted by molar-refractivity contribution is 6.30. The van der Waals surface area contributed by atoms with Crippen molar-refractivity contribution >= 4 is 29.3 Å². The van der Waals surface area contributed by atoms with Gasteiger partial charge in [0.1, 0.15) is 0 Å². The lowest BCUT2D eigenvalue weighted by Gasteiger charge is -2.11. The molecule has 0 fully saturated rings. The second-order valence-electron chi connectivity index (χ2n) is 5.02. The van der Waals surface area contributed by atoms with Crippen LogP contribution in [0.1, 0.15) is 22.8 Å². The molecule has 2 aromatic rings. The van der Waals surface area contributed by atoms with Gasteiger partial charge in [-0.05, 0) is 43.2 Å². The topological polar surface area (TPSA) is 67.4 Å². The summed E-state index contributed by atoms with van der Waals surface area (Å²) in [5.74, 6) is -0.463. The van der Waals surface area contributed by atoms with Crippen molar-refractivity contribution in [1.82, 2.24) is 5.32 Å². The summed E-state index contributed by atoms with van der Waals surface area (Å²) >= 11 is 5.83. The van der Waals surface area contributed by atoms with E-state index in [1.165, 1.54) is 0 Å². The molecule has 0 aliphatic rings. The maximum Gasteiger partial charge on any atom is 0.340 e. The van der Waals surface area contributed by atoms with Crippen LogP contribution in [0.25, 0.3) is 0 Å². The van der Waals surface area contributed by atoms with E-state index in [2.05, 4.69) is 10.6 Å². The fourth-order valence-corrected chi connectivity index (χ4v) is 2.24. The van der Waals surface area contributed by atoms with Crippen molar-refractivity contribution in [2.24, 2.45) is 0 Å². The zero-order valence-corrected chi connectivity index (χ0v) is 14.1. The quantitative estimate of drug-likeness (QED) is 0.780. The van der Waals surface area contributed by atoms with E-state index in [1.807, 2.05) is 24.3 Å². The minimum Gasteiger partial charge on any atom is -0.462 e. The molecule has 0 heterocycles. The number of hydrogen-bond donors (Lipinski definition) is 2. The lowest BCUT2D eigenvalue weighted by molar-refractivity contribution is 0.0527. The van der Waals surface area contributed by atoms with Crippen LogP contribution in [0.15, 0.2) is 48.5 Å². The Morgan fingerprint density at radius 1 is 1.08 bits per heavy atom. The van der Waals surface area contributed by atoms with Crippen LogP contribution in [0, 0.1) is 0 Å². The number of benzene rings is 2. The molecule has 2 amide bonds. The molecular weight excluding hydrogens is 328 g/mol. The van der Waals surface area contributed by atoms with Crippen molar-refractivity contribution in [3.63, 3.8) is 0 Å². The molecule has 0 spiro atoms. The Kier molecular flexibility index (Phi) is 6.63. The van der Waals surface area contributed by atoms with Crippen LogP contribution in [0.2, 0.25) is 5.02 Å². The van der Waals surface area contributed by atoms with Gasteiger partial charge in [-0.3, -0.25) is 0 Å². The van der Waals surface area contributed by atoms with Crippen LogP contribution in [-0.2, 0) is 11.2 Å². The van der Waals surface area contributed by atoms with E-state index >= 15 is 0 Å². The number of anilines is 1. The van der Waals surface area contributed by atoms with Crippen LogP contribution in [0.4, 0.5) is 10.5 Å². The Labute approximate surface area is 146 Å². The molecule has 5 nitrogen and oxygen atoms in total. The van der Waals surface area contributed by atoms with Crippen molar-refractivity contribution in [3.8, 4) is 0 Å². The Morgan fingerprint density at radius 2 is 1.79 bits per heavy atom. The molecule has 0 radical (unpaired) electrons. The summed E-state index contributed by atoms with van der Waals surface area (Å²) in [5, 5.41) is 6.11. The first kappa shape index (κ1) is 17.8. The van der Waals surface area contributed by atoms with Crippen LogP contribution in [0.5, 0.6) is 0 Å². The van der Waals surface area contributed by atoms with Crippen molar-refractivity contribution < 1.29 is 14.3 Å². The molecule has 0 aliphatic carbocycles. The Bertz CT molecular complexity index is 702. The third-order valence-corrected chi connectivity index (χ3v) is 3.54. The summed E-state index contributed by atoms with van der Waals surface area (Å²) in [6.45, 7) is 2.48. The van der Waals surface area contributed by atoms with Gasteiger partial charge in [0.15, 0.2) is 0 Å². The summed E-state index contributed by atoms with van der Waals surface area (Å²) < 4.78 is 4.98. The largest absolute Gasteiger partial charge is 0.462 e. The molecule has 2 N–H and O–H groups in total. The van der Waals surface area contributed by atoms with E-state index in [1.54, 1.807) is 31.2 Å². The zero-order chi connectivity index (χ0) is 17.4. The fraction of sp³-hybridized carbons (Fsp3) is 0.222. The van der Waals surface area contributed by atoms with Crippen molar-refractivity contribution in [3.05, 3.63) is 64.7 Å². The van der Waals surface area contributed by atoms with Crippen LogP contribution in [-0.4, -0.2) is 25.2 Å². The molecule has 6 heteroatoms. The van der Waals surface area contributed by atoms with Gasteiger partial charge in [-0.15, -0.1) is 0 Å². The van der Waals surface area contributed by atoms with Gasteiger partial charge < -0.3 is 15.4 Å². The minimum absolute atomic E-state index is 0.278. The summed E-state index contributed by atoms with van der Waals surface area (Å²) in [6, 6.07) is 13.8. The number of para-hydroxylation sites is 1. The SMILES string of the molecule is CCOC(=O)c1ccccc1NC(=O)NCCc1ccc(Cl)cc1. The molecule has 0 unspecified atom stereocenters. The van der Waals surface area contributed by atoms with Gasteiger partial charge in [0, 0.05) is 11.6 Å².